The number of aromatic nitrogens is 2. The van der Waals surface area contributed by atoms with E-state index < -0.39 is 0 Å². The second kappa shape index (κ2) is 5.52. The van der Waals surface area contributed by atoms with Crippen molar-refractivity contribution in [3.63, 3.8) is 0 Å². The molecular formula is C31H18N2O. The van der Waals surface area contributed by atoms with Gasteiger partial charge in [0.1, 0.15) is 11.2 Å². The minimum absolute atomic E-state index is 0.935. The van der Waals surface area contributed by atoms with Crippen LogP contribution >= 0.6 is 0 Å². The first-order valence-electron chi connectivity index (χ1n) is 11.7. The van der Waals surface area contributed by atoms with Crippen LogP contribution in [0.15, 0.2) is 95.4 Å². The summed E-state index contributed by atoms with van der Waals surface area (Å²) in [4.78, 5) is 0. The number of para-hydroxylation sites is 2. The fraction of sp³-hybridized carbons (Fsp3) is 0.0323. The fourth-order valence-electron chi connectivity index (χ4n) is 6.44. The summed E-state index contributed by atoms with van der Waals surface area (Å²) in [7, 11) is 2.18. The van der Waals surface area contributed by atoms with E-state index in [1.165, 1.54) is 59.9 Å². The first-order chi connectivity index (χ1) is 16.8. The summed E-state index contributed by atoms with van der Waals surface area (Å²) in [6.07, 6.45) is 0. The molecule has 0 N–H and O–H groups in total. The van der Waals surface area contributed by atoms with Crippen LogP contribution in [0.2, 0.25) is 0 Å². The third-order valence-electron chi connectivity index (χ3n) is 7.85. The Labute approximate surface area is 193 Å². The molecule has 4 aromatic heterocycles. The molecule has 0 unspecified atom stereocenters. The maximum atomic E-state index is 6.27. The van der Waals surface area contributed by atoms with Crippen molar-refractivity contribution in [2.24, 2.45) is 7.05 Å². The van der Waals surface area contributed by atoms with E-state index in [1.54, 1.807) is 0 Å². The van der Waals surface area contributed by atoms with E-state index in [9.17, 15) is 0 Å². The Morgan fingerprint density at radius 3 is 2.09 bits per heavy atom. The molecule has 3 nitrogen and oxygen atoms in total. The lowest BCUT2D eigenvalue weighted by molar-refractivity contribution is 0.669. The van der Waals surface area contributed by atoms with Gasteiger partial charge in [-0.25, -0.2) is 0 Å². The second-order valence-electron chi connectivity index (χ2n) is 9.43. The normalized spacial score (nSPS) is 12.9. The first-order valence-corrected chi connectivity index (χ1v) is 11.7. The Balaban J connectivity index is 1.70. The van der Waals surface area contributed by atoms with E-state index in [1.807, 2.05) is 6.07 Å². The third-order valence-corrected chi connectivity index (χ3v) is 7.85. The highest BCUT2D eigenvalue weighted by molar-refractivity contribution is 6.31. The van der Waals surface area contributed by atoms with Crippen molar-refractivity contribution in [1.82, 2.24) is 8.97 Å². The van der Waals surface area contributed by atoms with Crippen LogP contribution < -0.4 is 0 Å². The van der Waals surface area contributed by atoms with E-state index in [0.717, 1.165) is 21.9 Å². The molecule has 0 aliphatic heterocycles. The molecular weight excluding hydrogens is 416 g/mol. The van der Waals surface area contributed by atoms with Crippen LogP contribution in [0, 0.1) is 0 Å². The predicted molar refractivity (Wildman–Crippen MR) is 142 cm³/mol. The molecule has 3 heteroatoms. The maximum Gasteiger partial charge on any atom is 0.136 e. The van der Waals surface area contributed by atoms with Crippen molar-refractivity contribution in [2.45, 2.75) is 0 Å². The number of nitrogens with zero attached hydrogens (tertiary/aromatic N) is 2. The average Bonchev–Trinajstić information content (AvgIpc) is 3.47. The van der Waals surface area contributed by atoms with Crippen LogP contribution in [0.25, 0.3) is 81.8 Å². The SMILES string of the molecule is Cn1c2cccc3c4cccc5c6cc7oc8ccccc8c7cc6n(c6cccc1c6c32)c45. The molecule has 158 valence electrons. The molecule has 0 saturated heterocycles. The van der Waals surface area contributed by atoms with Gasteiger partial charge in [-0.1, -0.05) is 54.6 Å². The number of hydrogen-bond donors (Lipinski definition) is 0. The zero-order chi connectivity index (χ0) is 22.1. The standard InChI is InChI=1S/C31H18N2O/c1-32-23-11-5-8-18-19-9-4-10-20-21-16-28-22(17-7-2-3-14-27(17)34-28)15-26(21)33(31(19)20)25-13-6-12-24(32)30(25)29(18)23/h2-16H,1H3. The Morgan fingerprint density at radius 2 is 1.18 bits per heavy atom. The lowest BCUT2D eigenvalue weighted by atomic mass is 10.0. The number of rotatable bonds is 0. The summed E-state index contributed by atoms with van der Waals surface area (Å²) in [6.45, 7) is 0. The minimum Gasteiger partial charge on any atom is -0.456 e. The summed E-state index contributed by atoms with van der Waals surface area (Å²) in [6, 6.07) is 33.0. The van der Waals surface area contributed by atoms with Gasteiger partial charge in [-0.2, -0.15) is 0 Å². The molecule has 9 aromatic rings. The van der Waals surface area contributed by atoms with Crippen LogP contribution in [0.4, 0.5) is 0 Å². The van der Waals surface area contributed by atoms with E-state index in [4.69, 9.17) is 4.42 Å². The smallest absolute Gasteiger partial charge is 0.136 e. The Morgan fingerprint density at radius 1 is 0.500 bits per heavy atom. The zero-order valence-corrected chi connectivity index (χ0v) is 18.5. The third kappa shape index (κ3) is 1.77. The molecule has 0 saturated carbocycles. The molecule has 0 fully saturated rings. The number of benzene rings is 5. The van der Waals surface area contributed by atoms with Crippen molar-refractivity contribution >= 4 is 81.8 Å². The Hall–Kier alpha value is -4.50. The van der Waals surface area contributed by atoms with Crippen LogP contribution in [-0.2, 0) is 7.05 Å². The van der Waals surface area contributed by atoms with Gasteiger partial charge in [0.25, 0.3) is 0 Å². The van der Waals surface area contributed by atoms with Crippen LogP contribution in [0.3, 0.4) is 0 Å². The Kier molecular flexibility index (Phi) is 2.77. The van der Waals surface area contributed by atoms with E-state index >= 15 is 0 Å². The van der Waals surface area contributed by atoms with Gasteiger partial charge in [-0.3, -0.25) is 0 Å². The monoisotopic (exact) mass is 434 g/mol. The fourth-order valence-corrected chi connectivity index (χ4v) is 6.44. The van der Waals surface area contributed by atoms with Crippen molar-refractivity contribution < 1.29 is 4.42 Å². The van der Waals surface area contributed by atoms with Gasteiger partial charge in [0.2, 0.25) is 0 Å². The van der Waals surface area contributed by atoms with Gasteiger partial charge >= 0.3 is 0 Å². The van der Waals surface area contributed by atoms with Crippen molar-refractivity contribution in [3.05, 3.63) is 91.0 Å². The molecule has 34 heavy (non-hydrogen) atoms. The summed E-state index contributed by atoms with van der Waals surface area (Å²) < 4.78 is 11.1. The topological polar surface area (TPSA) is 22.5 Å². The highest BCUT2D eigenvalue weighted by Crippen LogP contribution is 2.44. The molecule has 4 heterocycles. The van der Waals surface area contributed by atoms with Crippen molar-refractivity contribution in [2.75, 3.05) is 0 Å². The van der Waals surface area contributed by atoms with Gasteiger partial charge < -0.3 is 13.4 Å². The number of aryl methyl sites for hydroxylation is 1. The largest absolute Gasteiger partial charge is 0.456 e. The molecule has 0 atom stereocenters. The van der Waals surface area contributed by atoms with E-state index in [-0.39, 0.29) is 0 Å². The van der Waals surface area contributed by atoms with Gasteiger partial charge in [-0.15, -0.1) is 0 Å². The Bertz CT molecular complexity index is 2290. The molecule has 0 bridgehead atoms. The molecule has 0 aliphatic rings. The summed E-state index contributed by atoms with van der Waals surface area (Å²) in [5.41, 5.74) is 8.15. The van der Waals surface area contributed by atoms with Crippen molar-refractivity contribution in [3.8, 4) is 0 Å². The van der Waals surface area contributed by atoms with E-state index in [2.05, 4.69) is 101 Å². The van der Waals surface area contributed by atoms with Gasteiger partial charge in [-0.05, 0) is 41.8 Å². The van der Waals surface area contributed by atoms with Gasteiger partial charge in [0.15, 0.2) is 0 Å². The predicted octanol–water partition coefficient (Wildman–Crippen LogP) is 8.38. The summed E-state index contributed by atoms with van der Waals surface area (Å²) in [5, 5.41) is 10.1. The number of fused-ring (bicyclic) bond motifs is 8. The number of furan rings is 1. The lowest BCUT2D eigenvalue weighted by Gasteiger charge is -2.03. The minimum atomic E-state index is 0.935. The quantitative estimate of drug-likeness (QED) is 0.235. The van der Waals surface area contributed by atoms with E-state index in [0.29, 0.717) is 0 Å². The summed E-state index contributed by atoms with van der Waals surface area (Å²) in [5.74, 6) is 0. The molecule has 0 amide bonds. The van der Waals surface area contributed by atoms with Crippen LogP contribution in [0.5, 0.6) is 0 Å². The first kappa shape index (κ1) is 17.0. The average molecular weight is 434 g/mol. The van der Waals surface area contributed by atoms with Crippen LogP contribution in [0.1, 0.15) is 0 Å². The lowest BCUT2D eigenvalue weighted by Crippen LogP contribution is -1.88. The molecule has 0 aliphatic carbocycles. The van der Waals surface area contributed by atoms with Gasteiger partial charge in [0, 0.05) is 50.3 Å². The molecule has 0 spiro atoms. The molecule has 5 aromatic carbocycles. The summed E-state index contributed by atoms with van der Waals surface area (Å²) >= 11 is 0. The van der Waals surface area contributed by atoms with Crippen molar-refractivity contribution in [1.29, 1.82) is 0 Å². The highest BCUT2D eigenvalue weighted by atomic mass is 16.3. The second-order valence-corrected chi connectivity index (χ2v) is 9.43. The number of hydrogen-bond acceptors (Lipinski definition) is 1. The highest BCUT2D eigenvalue weighted by Gasteiger charge is 2.21. The molecule has 0 radical (unpaired) electrons. The zero-order valence-electron chi connectivity index (χ0n) is 18.5. The van der Waals surface area contributed by atoms with Crippen LogP contribution in [-0.4, -0.2) is 8.97 Å². The maximum absolute atomic E-state index is 6.27. The molecule has 9 rings (SSSR count). The van der Waals surface area contributed by atoms with Gasteiger partial charge in [0.05, 0.1) is 22.1 Å².